The van der Waals surface area contributed by atoms with Crippen molar-refractivity contribution in [3.63, 3.8) is 0 Å². The Morgan fingerprint density at radius 2 is 2.04 bits per heavy atom. The van der Waals surface area contributed by atoms with Gasteiger partial charge in [-0.2, -0.15) is 0 Å². The molecule has 136 valence electrons. The Morgan fingerprint density at radius 1 is 1.23 bits per heavy atom. The van der Waals surface area contributed by atoms with Crippen molar-refractivity contribution in [2.75, 3.05) is 25.1 Å². The summed E-state index contributed by atoms with van der Waals surface area (Å²) >= 11 is 0. The van der Waals surface area contributed by atoms with Crippen molar-refractivity contribution >= 4 is 17.6 Å². The lowest BCUT2D eigenvalue weighted by Crippen LogP contribution is -2.17. The monoisotopic (exact) mass is 355 g/mol. The molecular formula is C19H21N3O4. The zero-order valence-corrected chi connectivity index (χ0v) is 14.6. The van der Waals surface area contributed by atoms with E-state index < -0.39 is 4.92 Å². The average molecular weight is 355 g/mol. The summed E-state index contributed by atoms with van der Waals surface area (Å²) in [5.41, 5.74) is 2.69. The van der Waals surface area contributed by atoms with Crippen molar-refractivity contribution < 1.29 is 14.5 Å². The number of nitro groups is 1. The highest BCUT2D eigenvalue weighted by Gasteiger charge is 2.14. The molecule has 0 aliphatic carbocycles. The summed E-state index contributed by atoms with van der Waals surface area (Å²) in [6, 6.07) is 12.3. The second-order valence-electron chi connectivity index (χ2n) is 6.06. The zero-order valence-electron chi connectivity index (χ0n) is 14.6. The molecule has 1 aliphatic rings. The van der Waals surface area contributed by atoms with Gasteiger partial charge in [-0.05, 0) is 30.5 Å². The Hall–Kier alpha value is -3.09. The van der Waals surface area contributed by atoms with Crippen LogP contribution >= 0.6 is 0 Å². The lowest BCUT2D eigenvalue weighted by atomic mass is 10.2. The van der Waals surface area contributed by atoms with Crippen LogP contribution < -0.4 is 9.64 Å². The van der Waals surface area contributed by atoms with Gasteiger partial charge in [0.05, 0.1) is 18.2 Å². The molecule has 1 aliphatic heterocycles. The molecular weight excluding hydrogens is 334 g/mol. The number of ether oxygens (including phenoxy) is 1. The summed E-state index contributed by atoms with van der Waals surface area (Å²) in [6.07, 6.45) is 4.03. The first-order valence-electron chi connectivity index (χ1n) is 8.49. The Kier molecular flexibility index (Phi) is 5.68. The number of oxime groups is 1. The molecule has 26 heavy (non-hydrogen) atoms. The van der Waals surface area contributed by atoms with Gasteiger partial charge in [0.15, 0.2) is 0 Å². The number of anilines is 1. The summed E-state index contributed by atoms with van der Waals surface area (Å²) in [4.78, 5) is 18.0. The minimum absolute atomic E-state index is 0.0363. The number of hydrogen-bond donors (Lipinski definition) is 0. The quantitative estimate of drug-likeness (QED) is 0.429. The number of nitro benzene ring substituents is 1. The maximum atomic E-state index is 10.8. The number of non-ortho nitro benzene ring substituents is 1. The molecule has 7 heteroatoms. The van der Waals surface area contributed by atoms with E-state index in [2.05, 4.69) is 16.1 Å². The highest BCUT2D eigenvalue weighted by Crippen LogP contribution is 2.27. The normalized spacial score (nSPS) is 14.0. The van der Waals surface area contributed by atoms with Gasteiger partial charge in [-0.25, -0.2) is 0 Å². The van der Waals surface area contributed by atoms with Crippen molar-refractivity contribution in [2.24, 2.45) is 5.16 Å². The maximum absolute atomic E-state index is 10.8. The van der Waals surface area contributed by atoms with Crippen LogP contribution in [0.2, 0.25) is 0 Å². The Bertz CT molecular complexity index is 801. The number of nitrogens with zero attached hydrogens (tertiary/aromatic N) is 3. The van der Waals surface area contributed by atoms with Gasteiger partial charge in [0.25, 0.3) is 5.69 Å². The molecule has 0 N–H and O–H groups in total. The van der Waals surface area contributed by atoms with Gasteiger partial charge in [0.1, 0.15) is 12.4 Å². The predicted molar refractivity (Wildman–Crippen MR) is 99.9 cm³/mol. The Morgan fingerprint density at radius 3 is 2.77 bits per heavy atom. The van der Waals surface area contributed by atoms with E-state index in [0.29, 0.717) is 5.56 Å². The highest BCUT2D eigenvalue weighted by atomic mass is 16.6. The van der Waals surface area contributed by atoms with Crippen LogP contribution in [0.1, 0.15) is 24.0 Å². The number of benzene rings is 2. The first-order valence-corrected chi connectivity index (χ1v) is 8.49. The van der Waals surface area contributed by atoms with E-state index in [1.165, 1.54) is 25.0 Å². The Balaban J connectivity index is 1.62. The smallest absolute Gasteiger partial charge is 0.269 e. The predicted octanol–water partition coefficient (Wildman–Crippen LogP) is 3.75. The van der Waals surface area contributed by atoms with Gasteiger partial charge in [-0.1, -0.05) is 17.3 Å². The van der Waals surface area contributed by atoms with E-state index in [0.717, 1.165) is 30.1 Å². The van der Waals surface area contributed by atoms with Gasteiger partial charge < -0.3 is 14.5 Å². The lowest BCUT2D eigenvalue weighted by Gasteiger charge is -2.18. The van der Waals surface area contributed by atoms with Crippen LogP contribution in [0.25, 0.3) is 0 Å². The van der Waals surface area contributed by atoms with E-state index in [1.54, 1.807) is 25.5 Å². The summed E-state index contributed by atoms with van der Waals surface area (Å²) in [5.74, 6) is 0.733. The minimum atomic E-state index is -0.431. The zero-order chi connectivity index (χ0) is 18.4. The SMILES string of the molecule is COc1cc(N2CCCC2)ccc1/C=N\OCc1cccc([N+](=O)[O-])c1. The van der Waals surface area contributed by atoms with Gasteiger partial charge in [-0.3, -0.25) is 10.1 Å². The third kappa shape index (κ3) is 4.30. The number of rotatable bonds is 7. The van der Waals surface area contributed by atoms with Crippen molar-refractivity contribution in [1.29, 1.82) is 0 Å². The molecule has 0 spiro atoms. The van der Waals surface area contributed by atoms with Crippen LogP contribution in [0.4, 0.5) is 11.4 Å². The third-order valence-electron chi connectivity index (χ3n) is 4.31. The van der Waals surface area contributed by atoms with Gasteiger partial charge in [0.2, 0.25) is 0 Å². The standard InChI is InChI=1S/C19H21N3O4/c1-25-19-12-17(21-9-2-3-10-21)8-7-16(19)13-20-26-14-15-5-4-6-18(11-15)22(23)24/h4-8,11-13H,2-3,9-10,14H2,1H3/b20-13-. The van der Waals surface area contributed by atoms with Crippen molar-refractivity contribution in [2.45, 2.75) is 19.4 Å². The molecule has 1 heterocycles. The number of methoxy groups -OCH3 is 1. The fourth-order valence-corrected chi connectivity index (χ4v) is 2.94. The molecule has 0 unspecified atom stereocenters. The van der Waals surface area contributed by atoms with Crippen LogP contribution in [-0.2, 0) is 11.4 Å². The molecule has 2 aromatic carbocycles. The average Bonchev–Trinajstić information content (AvgIpc) is 3.20. The van der Waals surface area contributed by atoms with Crippen LogP contribution in [0, 0.1) is 10.1 Å². The van der Waals surface area contributed by atoms with Gasteiger partial charge in [-0.15, -0.1) is 0 Å². The van der Waals surface area contributed by atoms with E-state index in [1.807, 2.05) is 12.1 Å². The molecule has 0 atom stereocenters. The maximum Gasteiger partial charge on any atom is 0.269 e. The van der Waals surface area contributed by atoms with Crippen LogP contribution in [0.5, 0.6) is 5.75 Å². The molecule has 0 saturated carbocycles. The molecule has 2 aromatic rings. The van der Waals surface area contributed by atoms with E-state index in [-0.39, 0.29) is 12.3 Å². The van der Waals surface area contributed by atoms with E-state index in [4.69, 9.17) is 9.57 Å². The van der Waals surface area contributed by atoms with Crippen molar-refractivity contribution in [3.05, 3.63) is 63.7 Å². The molecule has 1 fully saturated rings. The second-order valence-corrected chi connectivity index (χ2v) is 6.06. The van der Waals surface area contributed by atoms with Crippen molar-refractivity contribution in [3.8, 4) is 5.75 Å². The van der Waals surface area contributed by atoms with E-state index in [9.17, 15) is 10.1 Å². The molecule has 0 bridgehead atoms. The lowest BCUT2D eigenvalue weighted by molar-refractivity contribution is -0.384. The first-order chi connectivity index (χ1) is 12.7. The number of hydrogen-bond acceptors (Lipinski definition) is 6. The largest absolute Gasteiger partial charge is 0.496 e. The summed E-state index contributed by atoms with van der Waals surface area (Å²) in [5, 5.41) is 14.7. The molecule has 1 saturated heterocycles. The van der Waals surface area contributed by atoms with E-state index >= 15 is 0 Å². The van der Waals surface area contributed by atoms with Crippen LogP contribution in [0.15, 0.2) is 47.6 Å². The van der Waals surface area contributed by atoms with Crippen molar-refractivity contribution in [1.82, 2.24) is 0 Å². The summed E-state index contributed by atoms with van der Waals surface area (Å²) < 4.78 is 5.45. The van der Waals surface area contributed by atoms with Gasteiger partial charge >= 0.3 is 0 Å². The van der Waals surface area contributed by atoms with Crippen LogP contribution in [0.3, 0.4) is 0 Å². The first kappa shape index (κ1) is 17.7. The highest BCUT2D eigenvalue weighted by molar-refractivity contribution is 5.84. The molecule has 0 radical (unpaired) electrons. The molecule has 0 aromatic heterocycles. The van der Waals surface area contributed by atoms with Gasteiger partial charge in [0, 0.05) is 42.5 Å². The fraction of sp³-hybridized carbons (Fsp3) is 0.316. The Labute approximate surface area is 152 Å². The summed E-state index contributed by atoms with van der Waals surface area (Å²) in [7, 11) is 1.63. The molecule has 7 nitrogen and oxygen atoms in total. The minimum Gasteiger partial charge on any atom is -0.496 e. The second kappa shape index (κ2) is 8.33. The fourth-order valence-electron chi connectivity index (χ4n) is 2.94. The summed E-state index contributed by atoms with van der Waals surface area (Å²) in [6.45, 7) is 2.30. The molecule has 0 amide bonds. The van der Waals surface area contributed by atoms with Crippen LogP contribution in [-0.4, -0.2) is 31.3 Å². The molecule has 3 rings (SSSR count). The third-order valence-corrected chi connectivity index (χ3v) is 4.31. The topological polar surface area (TPSA) is 77.2 Å².